The van der Waals surface area contributed by atoms with Gasteiger partial charge >= 0.3 is 0 Å². The van der Waals surface area contributed by atoms with Crippen LogP contribution in [-0.2, 0) is 0 Å². The van der Waals surface area contributed by atoms with Gasteiger partial charge in [0.2, 0.25) is 0 Å². The highest BCUT2D eigenvalue weighted by Gasteiger charge is 2.10. The summed E-state index contributed by atoms with van der Waals surface area (Å²) in [6.07, 6.45) is 3.00. The lowest BCUT2D eigenvalue weighted by Gasteiger charge is -2.06. The summed E-state index contributed by atoms with van der Waals surface area (Å²) in [6.45, 7) is 3.86. The van der Waals surface area contributed by atoms with Gasteiger partial charge in [-0.15, -0.1) is 0 Å². The average molecular weight is 309 g/mol. The van der Waals surface area contributed by atoms with Crippen LogP contribution < -0.4 is 10.9 Å². The molecule has 0 bridgehead atoms. The van der Waals surface area contributed by atoms with Crippen LogP contribution in [0.5, 0.6) is 0 Å². The van der Waals surface area contributed by atoms with Crippen molar-refractivity contribution in [1.82, 2.24) is 19.7 Å². The van der Waals surface area contributed by atoms with Crippen LogP contribution in [0, 0.1) is 13.8 Å². The lowest BCUT2D eigenvalue weighted by molar-refractivity contribution is 0.102. The molecule has 0 aromatic carbocycles. The highest BCUT2D eigenvalue weighted by atomic mass is 16.2. The molecule has 0 saturated heterocycles. The number of aryl methyl sites for hydroxylation is 2. The fourth-order valence-corrected chi connectivity index (χ4v) is 2.24. The maximum atomic E-state index is 12.1. The number of amides is 1. The van der Waals surface area contributed by atoms with Crippen molar-refractivity contribution in [3.63, 3.8) is 0 Å². The number of carbonyl (C=O) groups excluding carboxylic acids is 1. The Kier molecular flexibility index (Phi) is 3.76. The molecule has 7 heteroatoms. The Morgan fingerprint density at radius 2 is 2.09 bits per heavy atom. The minimum absolute atomic E-state index is 0.0510. The third-order valence-corrected chi connectivity index (χ3v) is 3.30. The highest BCUT2D eigenvalue weighted by Crippen LogP contribution is 2.13. The van der Waals surface area contributed by atoms with Crippen molar-refractivity contribution in [2.45, 2.75) is 13.8 Å². The summed E-state index contributed by atoms with van der Waals surface area (Å²) in [5, 5.41) is 7.00. The van der Waals surface area contributed by atoms with Crippen LogP contribution in [-0.4, -0.2) is 25.7 Å². The molecule has 23 heavy (non-hydrogen) atoms. The minimum atomic E-state index is -0.479. The van der Waals surface area contributed by atoms with E-state index in [0.717, 1.165) is 11.4 Å². The lowest BCUT2D eigenvalue weighted by Crippen LogP contribution is -2.22. The molecule has 0 aliphatic carbocycles. The standard InChI is InChI=1S/C16H15N5O2/c1-10-8-11(2)21(20-10)14-6-5-12(9-18-14)19-16(23)13-4-3-7-17-15(13)22/h3-9H,1-2H3,(H,17,22)(H,19,23). The smallest absolute Gasteiger partial charge is 0.261 e. The van der Waals surface area contributed by atoms with E-state index < -0.39 is 11.5 Å². The van der Waals surface area contributed by atoms with E-state index in [9.17, 15) is 9.59 Å². The van der Waals surface area contributed by atoms with Crippen molar-refractivity contribution in [2.75, 3.05) is 5.32 Å². The Morgan fingerprint density at radius 1 is 1.26 bits per heavy atom. The molecule has 7 nitrogen and oxygen atoms in total. The number of hydrogen-bond donors (Lipinski definition) is 2. The van der Waals surface area contributed by atoms with Gasteiger partial charge in [-0.05, 0) is 44.2 Å². The molecule has 0 spiro atoms. The Morgan fingerprint density at radius 3 is 2.70 bits per heavy atom. The molecule has 116 valence electrons. The van der Waals surface area contributed by atoms with Gasteiger partial charge in [0, 0.05) is 11.9 Å². The molecule has 3 heterocycles. The topological polar surface area (TPSA) is 92.7 Å². The van der Waals surface area contributed by atoms with Crippen molar-refractivity contribution < 1.29 is 4.79 Å². The average Bonchev–Trinajstić information content (AvgIpc) is 2.87. The predicted octanol–water partition coefficient (Wildman–Crippen LogP) is 1.82. The van der Waals surface area contributed by atoms with Crippen LogP contribution in [0.25, 0.3) is 5.82 Å². The quantitative estimate of drug-likeness (QED) is 0.772. The molecule has 0 aliphatic rings. The number of carbonyl (C=O) groups is 1. The van der Waals surface area contributed by atoms with Gasteiger partial charge in [0.25, 0.3) is 11.5 Å². The van der Waals surface area contributed by atoms with E-state index in [1.165, 1.54) is 18.5 Å². The second-order valence-corrected chi connectivity index (χ2v) is 5.11. The van der Waals surface area contributed by atoms with Gasteiger partial charge in [0.1, 0.15) is 5.56 Å². The van der Waals surface area contributed by atoms with Crippen LogP contribution >= 0.6 is 0 Å². The van der Waals surface area contributed by atoms with Gasteiger partial charge in [-0.2, -0.15) is 5.10 Å². The summed E-state index contributed by atoms with van der Waals surface area (Å²) in [7, 11) is 0. The van der Waals surface area contributed by atoms with E-state index >= 15 is 0 Å². The normalized spacial score (nSPS) is 10.5. The summed E-state index contributed by atoms with van der Waals surface area (Å²) in [4.78, 5) is 30.4. The first-order valence-electron chi connectivity index (χ1n) is 7.03. The Balaban J connectivity index is 1.80. The van der Waals surface area contributed by atoms with Crippen molar-refractivity contribution in [3.05, 3.63) is 70.0 Å². The van der Waals surface area contributed by atoms with Gasteiger partial charge in [-0.3, -0.25) is 9.59 Å². The number of nitrogens with zero attached hydrogens (tertiary/aromatic N) is 3. The maximum absolute atomic E-state index is 12.1. The first-order chi connectivity index (χ1) is 11.0. The number of rotatable bonds is 3. The molecule has 0 aliphatic heterocycles. The largest absolute Gasteiger partial charge is 0.328 e. The lowest BCUT2D eigenvalue weighted by atomic mass is 10.2. The molecule has 3 rings (SSSR count). The molecule has 0 radical (unpaired) electrons. The number of pyridine rings is 2. The maximum Gasteiger partial charge on any atom is 0.261 e. The van der Waals surface area contributed by atoms with Crippen LogP contribution in [0.2, 0.25) is 0 Å². The van der Waals surface area contributed by atoms with E-state index in [1.54, 1.807) is 22.9 Å². The van der Waals surface area contributed by atoms with Crippen LogP contribution in [0.15, 0.2) is 47.5 Å². The molecule has 0 fully saturated rings. The van der Waals surface area contributed by atoms with E-state index in [0.29, 0.717) is 11.5 Å². The van der Waals surface area contributed by atoms with Crippen LogP contribution in [0.4, 0.5) is 5.69 Å². The van der Waals surface area contributed by atoms with Crippen LogP contribution in [0.1, 0.15) is 21.7 Å². The summed E-state index contributed by atoms with van der Waals surface area (Å²) in [5.74, 6) is 0.179. The number of anilines is 1. The molecular formula is C16H15N5O2. The molecule has 0 saturated carbocycles. The second-order valence-electron chi connectivity index (χ2n) is 5.11. The summed E-state index contributed by atoms with van der Waals surface area (Å²) < 4.78 is 1.73. The van der Waals surface area contributed by atoms with Gasteiger partial charge < -0.3 is 10.3 Å². The highest BCUT2D eigenvalue weighted by molar-refractivity contribution is 6.03. The number of aromatic amines is 1. The van der Waals surface area contributed by atoms with Crippen molar-refractivity contribution in [2.24, 2.45) is 0 Å². The van der Waals surface area contributed by atoms with E-state index in [4.69, 9.17) is 0 Å². The van der Waals surface area contributed by atoms with Crippen LogP contribution in [0.3, 0.4) is 0 Å². The third kappa shape index (κ3) is 3.03. The second kappa shape index (κ2) is 5.88. The zero-order valence-corrected chi connectivity index (χ0v) is 12.7. The first-order valence-corrected chi connectivity index (χ1v) is 7.03. The van der Waals surface area contributed by atoms with Gasteiger partial charge in [-0.25, -0.2) is 9.67 Å². The summed E-state index contributed by atoms with van der Waals surface area (Å²) in [6, 6.07) is 8.49. The van der Waals surface area contributed by atoms with Gasteiger partial charge in [0.15, 0.2) is 5.82 Å². The predicted molar refractivity (Wildman–Crippen MR) is 85.8 cm³/mol. The van der Waals surface area contributed by atoms with Crippen molar-refractivity contribution >= 4 is 11.6 Å². The van der Waals surface area contributed by atoms with Crippen molar-refractivity contribution in [3.8, 4) is 5.82 Å². The zero-order chi connectivity index (χ0) is 16.4. The SMILES string of the molecule is Cc1cc(C)n(-c2ccc(NC(=O)c3ccc[nH]c3=O)cn2)n1. The summed E-state index contributed by atoms with van der Waals surface area (Å²) in [5.41, 5.74) is 2.00. The molecule has 0 unspecified atom stereocenters. The third-order valence-electron chi connectivity index (χ3n) is 3.30. The number of hydrogen-bond acceptors (Lipinski definition) is 4. The fraction of sp³-hybridized carbons (Fsp3) is 0.125. The molecule has 3 aromatic rings. The number of aromatic nitrogens is 4. The molecule has 0 atom stereocenters. The molecule has 2 N–H and O–H groups in total. The molecule has 1 amide bonds. The van der Waals surface area contributed by atoms with E-state index in [2.05, 4.69) is 20.4 Å². The minimum Gasteiger partial charge on any atom is -0.328 e. The zero-order valence-electron chi connectivity index (χ0n) is 12.7. The monoisotopic (exact) mass is 309 g/mol. The first kappa shape index (κ1) is 14.7. The fourth-order valence-electron chi connectivity index (χ4n) is 2.24. The Bertz CT molecular complexity index is 909. The van der Waals surface area contributed by atoms with Crippen molar-refractivity contribution in [1.29, 1.82) is 0 Å². The van der Waals surface area contributed by atoms with Gasteiger partial charge in [0.05, 0.1) is 17.6 Å². The number of nitrogens with one attached hydrogen (secondary N) is 2. The Labute approximate surface area is 132 Å². The summed E-state index contributed by atoms with van der Waals surface area (Å²) >= 11 is 0. The Hall–Kier alpha value is -3.22. The number of H-pyrrole nitrogens is 1. The van der Waals surface area contributed by atoms with E-state index in [1.807, 2.05) is 19.9 Å². The van der Waals surface area contributed by atoms with E-state index in [-0.39, 0.29) is 5.56 Å². The van der Waals surface area contributed by atoms with Gasteiger partial charge in [-0.1, -0.05) is 0 Å². The molecule has 3 aromatic heterocycles. The molecular weight excluding hydrogens is 294 g/mol.